The third kappa shape index (κ3) is 4.51. The van der Waals surface area contributed by atoms with Crippen LogP contribution in [0.5, 0.6) is 0 Å². The van der Waals surface area contributed by atoms with Crippen LogP contribution in [0.2, 0.25) is 0 Å². The summed E-state index contributed by atoms with van der Waals surface area (Å²) in [5.41, 5.74) is 17.7. The van der Waals surface area contributed by atoms with Crippen LogP contribution >= 0.6 is 0 Å². The molecule has 3 aromatic heterocycles. The molecule has 2 unspecified atom stereocenters. The Balaban J connectivity index is 1.42. The van der Waals surface area contributed by atoms with Crippen LogP contribution in [0.25, 0.3) is 16.8 Å². The zero-order chi connectivity index (χ0) is 29.6. The molecular formula is C31H33N9O2. The highest BCUT2D eigenvalue weighted by molar-refractivity contribution is 6.00. The molecule has 4 aromatic rings. The number of aromatic nitrogens is 6. The number of nitrogens with one attached hydrogen (secondary N) is 1. The highest BCUT2D eigenvalue weighted by Gasteiger charge is 2.51. The normalized spacial score (nSPS) is 22.5. The number of hydrogen-bond donors (Lipinski definition) is 3. The molecule has 11 heteroatoms. The highest BCUT2D eigenvalue weighted by Crippen LogP contribution is 2.46. The lowest BCUT2D eigenvalue weighted by Gasteiger charge is -2.44. The number of amides is 1. The lowest BCUT2D eigenvalue weighted by Crippen LogP contribution is -2.56. The van der Waals surface area contributed by atoms with E-state index in [9.17, 15) is 9.59 Å². The van der Waals surface area contributed by atoms with Crippen molar-refractivity contribution in [2.75, 3.05) is 5.73 Å². The number of ketones is 1. The zero-order valence-corrected chi connectivity index (χ0v) is 23.6. The molecule has 5 heterocycles. The van der Waals surface area contributed by atoms with Crippen molar-refractivity contribution in [2.24, 2.45) is 5.73 Å². The summed E-state index contributed by atoms with van der Waals surface area (Å²) in [6.45, 7) is 7.52. The Morgan fingerprint density at radius 3 is 2.45 bits per heavy atom. The molecule has 6 rings (SSSR count). The van der Waals surface area contributed by atoms with E-state index in [-0.39, 0.29) is 41.0 Å². The first kappa shape index (κ1) is 27.3. The maximum absolute atomic E-state index is 13.2. The van der Waals surface area contributed by atoms with Gasteiger partial charge in [-0.1, -0.05) is 55.1 Å². The van der Waals surface area contributed by atoms with Crippen molar-refractivity contribution in [1.82, 2.24) is 34.7 Å². The number of fused-ring (bicyclic) bond motifs is 3. The molecule has 1 amide bonds. The number of allylic oxidation sites excluding steroid dienone is 5. The van der Waals surface area contributed by atoms with Gasteiger partial charge in [-0.25, -0.2) is 9.97 Å². The molecule has 2 aliphatic rings. The van der Waals surface area contributed by atoms with Gasteiger partial charge < -0.3 is 16.4 Å². The SMILES string of the molecule is C=C/C(=C\C=C(/C)c1ccccc1)c1cnn2c(N)c(C(C)=O)c(C3(N)CC4CCC(C3)N4C(=O)c3ncn[nH]3)nc12. The molecule has 5 N–H and O–H groups in total. The average molecular weight is 564 g/mol. The Kier molecular flexibility index (Phi) is 6.82. The molecule has 0 saturated carbocycles. The lowest BCUT2D eigenvalue weighted by atomic mass is 9.78. The van der Waals surface area contributed by atoms with Crippen molar-refractivity contribution in [1.29, 1.82) is 0 Å². The molecule has 2 atom stereocenters. The molecule has 2 saturated heterocycles. The largest absolute Gasteiger partial charge is 0.383 e. The molecule has 11 nitrogen and oxygen atoms in total. The maximum Gasteiger partial charge on any atom is 0.291 e. The molecule has 2 fully saturated rings. The van der Waals surface area contributed by atoms with E-state index in [1.165, 1.54) is 17.8 Å². The van der Waals surface area contributed by atoms with E-state index in [2.05, 4.69) is 39.0 Å². The van der Waals surface area contributed by atoms with Gasteiger partial charge in [0.15, 0.2) is 11.4 Å². The monoisotopic (exact) mass is 563 g/mol. The summed E-state index contributed by atoms with van der Waals surface area (Å²) in [4.78, 5) is 37.1. The van der Waals surface area contributed by atoms with E-state index in [1.54, 1.807) is 12.3 Å². The number of benzene rings is 1. The number of hydrogen-bond acceptors (Lipinski definition) is 8. The molecule has 2 bridgehead atoms. The van der Waals surface area contributed by atoms with Crippen molar-refractivity contribution in [3.05, 3.63) is 95.9 Å². The predicted molar refractivity (Wildman–Crippen MR) is 160 cm³/mol. The lowest BCUT2D eigenvalue weighted by molar-refractivity contribution is 0.0461. The second-order valence-electron chi connectivity index (χ2n) is 11.1. The van der Waals surface area contributed by atoms with E-state index < -0.39 is 5.54 Å². The van der Waals surface area contributed by atoms with Gasteiger partial charge in [-0.2, -0.15) is 14.7 Å². The van der Waals surface area contributed by atoms with Crippen LogP contribution in [0, 0.1) is 0 Å². The quantitative estimate of drug-likeness (QED) is 0.225. The average Bonchev–Trinajstić information content (AvgIpc) is 3.73. The van der Waals surface area contributed by atoms with Crippen LogP contribution in [0.3, 0.4) is 0 Å². The number of aromatic amines is 1. The highest BCUT2D eigenvalue weighted by atomic mass is 16.2. The second kappa shape index (κ2) is 10.5. The minimum atomic E-state index is -0.982. The van der Waals surface area contributed by atoms with Crippen molar-refractivity contribution < 1.29 is 9.59 Å². The second-order valence-corrected chi connectivity index (χ2v) is 11.1. The Morgan fingerprint density at radius 1 is 1.12 bits per heavy atom. The summed E-state index contributed by atoms with van der Waals surface area (Å²) in [5.74, 6) is -0.0546. The molecule has 1 aromatic carbocycles. The molecule has 42 heavy (non-hydrogen) atoms. The van der Waals surface area contributed by atoms with Crippen molar-refractivity contribution in [3.8, 4) is 0 Å². The minimum Gasteiger partial charge on any atom is -0.383 e. The van der Waals surface area contributed by atoms with Crippen LogP contribution < -0.4 is 11.5 Å². The van der Waals surface area contributed by atoms with Crippen LogP contribution in [-0.4, -0.2) is 58.5 Å². The first-order valence-corrected chi connectivity index (χ1v) is 13.9. The summed E-state index contributed by atoms with van der Waals surface area (Å²) < 4.78 is 1.49. The zero-order valence-electron chi connectivity index (χ0n) is 23.6. The third-order valence-corrected chi connectivity index (χ3v) is 8.45. The van der Waals surface area contributed by atoms with Gasteiger partial charge in [0.05, 0.1) is 23.0 Å². The Labute approximate surface area is 243 Å². The molecule has 0 radical (unpaired) electrons. The fourth-order valence-corrected chi connectivity index (χ4v) is 6.45. The smallest absolute Gasteiger partial charge is 0.291 e. The van der Waals surface area contributed by atoms with Crippen molar-refractivity contribution in [2.45, 2.75) is 57.2 Å². The van der Waals surface area contributed by atoms with E-state index in [0.717, 1.165) is 35.1 Å². The number of nitrogens with zero attached hydrogens (tertiary/aromatic N) is 6. The molecule has 214 valence electrons. The van der Waals surface area contributed by atoms with Gasteiger partial charge >= 0.3 is 0 Å². The Morgan fingerprint density at radius 2 is 1.83 bits per heavy atom. The van der Waals surface area contributed by atoms with E-state index in [0.29, 0.717) is 24.2 Å². The van der Waals surface area contributed by atoms with Crippen molar-refractivity contribution in [3.63, 3.8) is 0 Å². The van der Waals surface area contributed by atoms with Crippen LogP contribution in [0.15, 0.2) is 67.7 Å². The number of piperidine rings is 1. The van der Waals surface area contributed by atoms with Gasteiger partial charge in [0, 0.05) is 17.6 Å². The molecule has 0 spiro atoms. The maximum atomic E-state index is 13.2. The minimum absolute atomic E-state index is 0.135. The Bertz CT molecular complexity index is 1740. The molecular weight excluding hydrogens is 530 g/mol. The van der Waals surface area contributed by atoms with Gasteiger partial charge in [-0.15, -0.1) is 0 Å². The predicted octanol–water partition coefficient (Wildman–Crippen LogP) is 3.93. The summed E-state index contributed by atoms with van der Waals surface area (Å²) in [7, 11) is 0. The van der Waals surface area contributed by atoms with E-state index >= 15 is 0 Å². The summed E-state index contributed by atoms with van der Waals surface area (Å²) in [6, 6.07) is 9.82. The summed E-state index contributed by atoms with van der Waals surface area (Å²) in [6.07, 6.45) is 11.2. The first-order valence-electron chi connectivity index (χ1n) is 13.9. The molecule has 2 aliphatic heterocycles. The number of anilines is 1. The number of carbonyl (C=O) groups is 2. The number of Topliss-reactive ketones (excluding diaryl/α,β-unsaturated/α-hetero) is 1. The third-order valence-electron chi connectivity index (χ3n) is 8.45. The Hall–Kier alpha value is -4.90. The van der Waals surface area contributed by atoms with Gasteiger partial charge in [0.1, 0.15) is 12.1 Å². The molecule has 0 aliphatic carbocycles. The topological polar surface area (TPSA) is 161 Å². The van der Waals surface area contributed by atoms with Crippen molar-refractivity contribution >= 4 is 34.3 Å². The van der Waals surface area contributed by atoms with Crippen LogP contribution in [0.4, 0.5) is 5.82 Å². The summed E-state index contributed by atoms with van der Waals surface area (Å²) in [5, 5.41) is 11.0. The van der Waals surface area contributed by atoms with Crippen LogP contribution in [0.1, 0.15) is 77.3 Å². The number of H-pyrrole nitrogens is 1. The van der Waals surface area contributed by atoms with Crippen LogP contribution in [-0.2, 0) is 5.54 Å². The van der Waals surface area contributed by atoms with Gasteiger partial charge in [-0.05, 0) is 56.2 Å². The first-order chi connectivity index (χ1) is 20.2. The van der Waals surface area contributed by atoms with Gasteiger partial charge in [0.25, 0.3) is 5.91 Å². The fraction of sp³-hybridized carbons (Fsp3) is 0.290. The fourth-order valence-electron chi connectivity index (χ4n) is 6.45. The van der Waals surface area contributed by atoms with E-state index in [4.69, 9.17) is 16.5 Å². The summed E-state index contributed by atoms with van der Waals surface area (Å²) >= 11 is 0. The number of carbonyl (C=O) groups excluding carboxylic acids is 2. The van der Waals surface area contributed by atoms with Gasteiger partial charge in [0.2, 0.25) is 5.82 Å². The number of nitrogen functional groups attached to an aromatic ring is 1. The number of nitrogens with two attached hydrogens (primary N) is 2. The number of rotatable bonds is 7. The van der Waals surface area contributed by atoms with Gasteiger partial charge in [-0.3, -0.25) is 14.7 Å². The van der Waals surface area contributed by atoms with E-state index in [1.807, 2.05) is 42.2 Å². The standard InChI is InChI=1S/C31H33N9O2/c1-4-20(11-10-18(2)21-8-6-5-7-9-21)24-16-36-40-27(32)25(19(3)41)26(37-29(24)40)31(33)14-22-12-13-23(15-31)39(22)30(42)28-34-17-35-38-28/h4-11,16-17,22-23H,1,12-15,32-33H2,2-3H3,(H,34,35,38)/b18-10+,20-11+.